The van der Waals surface area contributed by atoms with Crippen LogP contribution < -0.4 is 11.1 Å². The number of rotatable bonds is 11. The maximum absolute atomic E-state index is 14.4. The topological polar surface area (TPSA) is 224 Å². The Balaban J connectivity index is 1.73. The molecule has 254 valence electrons. The smallest absolute Gasteiger partial charge is 0.287 e. The number of amides is 4. The first-order valence-corrected chi connectivity index (χ1v) is 17.4. The zero-order valence-corrected chi connectivity index (χ0v) is 27.7. The van der Waals surface area contributed by atoms with Gasteiger partial charge in [0.2, 0.25) is 11.7 Å². The van der Waals surface area contributed by atoms with E-state index < -0.39 is 63.0 Å². The quantitative estimate of drug-likeness (QED) is 0.226. The monoisotopic (exact) mass is 671 g/mol. The van der Waals surface area contributed by atoms with Gasteiger partial charge in [-0.3, -0.25) is 24.0 Å². The molecule has 1 saturated heterocycles. The number of sulfone groups is 1. The van der Waals surface area contributed by atoms with E-state index in [0.717, 1.165) is 38.4 Å². The largest absolute Gasteiger partial charge is 0.384 e. The second-order valence-corrected chi connectivity index (χ2v) is 14.8. The average Bonchev–Trinajstić information content (AvgIpc) is 3.68. The van der Waals surface area contributed by atoms with Gasteiger partial charge in [0.1, 0.15) is 17.4 Å². The number of carbonyl (C=O) groups excluding carboxylic acids is 5. The van der Waals surface area contributed by atoms with Crippen LogP contribution in [0.1, 0.15) is 87.8 Å². The summed E-state index contributed by atoms with van der Waals surface area (Å²) in [6.45, 7) is 4.30. The van der Waals surface area contributed by atoms with Crippen LogP contribution in [0.2, 0.25) is 0 Å². The summed E-state index contributed by atoms with van der Waals surface area (Å²) in [6.07, 6.45) is 7.14. The molecule has 2 heterocycles. The highest BCUT2D eigenvalue weighted by Gasteiger charge is 2.44. The van der Waals surface area contributed by atoms with Crippen molar-refractivity contribution in [2.75, 3.05) is 12.8 Å². The van der Waals surface area contributed by atoms with Crippen LogP contribution in [0.3, 0.4) is 0 Å². The summed E-state index contributed by atoms with van der Waals surface area (Å²) >= 11 is 0. The summed E-state index contributed by atoms with van der Waals surface area (Å²) in [4.78, 5) is 70.5. The minimum Gasteiger partial charge on any atom is -0.384 e. The first-order chi connectivity index (χ1) is 22.0. The summed E-state index contributed by atoms with van der Waals surface area (Å²) in [7, 11) is -3.62. The Morgan fingerprint density at radius 1 is 1.15 bits per heavy atom. The lowest BCUT2D eigenvalue weighted by Crippen LogP contribution is -2.52. The van der Waals surface area contributed by atoms with Crippen molar-refractivity contribution in [1.82, 2.24) is 25.2 Å². The highest BCUT2D eigenvalue weighted by molar-refractivity contribution is 7.90. The molecule has 3 atom stereocenters. The summed E-state index contributed by atoms with van der Waals surface area (Å²) in [5.41, 5.74) is 3.98. The Labute approximate surface area is 272 Å². The van der Waals surface area contributed by atoms with Crippen LogP contribution in [-0.2, 0) is 34.6 Å². The Kier molecular flexibility index (Phi) is 10.7. The highest BCUT2D eigenvalue weighted by atomic mass is 32.2. The highest BCUT2D eigenvalue weighted by Crippen LogP contribution is 2.33. The van der Waals surface area contributed by atoms with E-state index in [4.69, 9.17) is 5.73 Å². The Morgan fingerprint density at radius 3 is 2.45 bits per heavy atom. The number of carbonyl (C=O) groups is 5. The Bertz CT molecular complexity index is 1690. The predicted molar refractivity (Wildman–Crippen MR) is 169 cm³/mol. The lowest BCUT2D eigenvalue weighted by molar-refractivity contribution is -0.139. The molecule has 4 rings (SSSR count). The number of aliphatic imine (C=N–C) groups is 1. The molecule has 47 heavy (non-hydrogen) atoms. The summed E-state index contributed by atoms with van der Waals surface area (Å²) in [6, 6.07) is 2.28. The molecule has 16 heteroatoms. The second kappa shape index (κ2) is 14.2. The maximum Gasteiger partial charge on any atom is 0.287 e. The van der Waals surface area contributed by atoms with Crippen LogP contribution in [0.25, 0.3) is 0 Å². The molecule has 2 aromatic rings. The van der Waals surface area contributed by atoms with Gasteiger partial charge in [0.25, 0.3) is 17.7 Å². The molecule has 0 bridgehead atoms. The normalized spacial score (nSPS) is 20.1. The number of nitrogens with zero attached hydrogens (tertiary/aromatic N) is 5. The van der Waals surface area contributed by atoms with Crippen LogP contribution in [0.15, 0.2) is 40.4 Å². The molecular weight excluding hydrogens is 630 g/mol. The fourth-order valence-corrected chi connectivity index (χ4v) is 6.73. The van der Waals surface area contributed by atoms with E-state index in [0.29, 0.717) is 5.69 Å². The fourth-order valence-electron chi connectivity index (χ4n) is 6.06. The Hall–Kier alpha value is -4.31. The molecule has 4 amide bonds. The third-order valence-corrected chi connectivity index (χ3v) is 9.69. The van der Waals surface area contributed by atoms with Crippen molar-refractivity contribution < 1.29 is 37.5 Å². The average molecular weight is 672 g/mol. The van der Waals surface area contributed by atoms with Crippen molar-refractivity contribution in [3.63, 3.8) is 0 Å². The molecule has 1 aromatic heterocycles. The molecule has 1 aliphatic carbocycles. The van der Waals surface area contributed by atoms with Crippen molar-refractivity contribution in [1.29, 1.82) is 0 Å². The predicted octanol–water partition coefficient (Wildman–Crippen LogP) is 0.862. The van der Waals surface area contributed by atoms with Crippen molar-refractivity contribution in [2.24, 2.45) is 16.6 Å². The molecule has 0 spiro atoms. The van der Waals surface area contributed by atoms with E-state index in [-0.39, 0.29) is 41.5 Å². The number of primary amides is 1. The van der Waals surface area contributed by atoms with E-state index >= 15 is 0 Å². The van der Waals surface area contributed by atoms with E-state index in [2.05, 4.69) is 20.6 Å². The fraction of sp³-hybridized carbons (Fsp3) is 0.548. The lowest BCUT2D eigenvalue weighted by atomic mass is 9.85. The molecule has 2 aliphatic rings. The van der Waals surface area contributed by atoms with Crippen LogP contribution in [0, 0.1) is 5.92 Å². The molecule has 15 nitrogen and oxygen atoms in total. The third kappa shape index (κ3) is 8.54. The van der Waals surface area contributed by atoms with Crippen LogP contribution >= 0.6 is 0 Å². The van der Waals surface area contributed by atoms with Gasteiger partial charge in [0.05, 0.1) is 28.9 Å². The molecule has 4 N–H and O–H groups in total. The number of hydrogen-bond donors (Lipinski definition) is 3. The summed E-state index contributed by atoms with van der Waals surface area (Å²) in [5.74, 6) is -4.44. The number of ketones is 1. The van der Waals surface area contributed by atoms with Gasteiger partial charge in [-0.15, -0.1) is 5.10 Å². The van der Waals surface area contributed by atoms with E-state index in [1.54, 1.807) is 13.8 Å². The number of likely N-dealkylation sites (tertiary alicyclic amines) is 1. The van der Waals surface area contributed by atoms with Crippen molar-refractivity contribution >= 4 is 45.0 Å². The molecule has 1 unspecified atom stereocenters. The minimum absolute atomic E-state index is 0.00253. The number of hydrogen-bond acceptors (Lipinski definition) is 10. The summed E-state index contributed by atoms with van der Waals surface area (Å²) < 4.78 is 25.7. The molecule has 2 fully saturated rings. The van der Waals surface area contributed by atoms with Crippen molar-refractivity contribution in [3.05, 3.63) is 41.7 Å². The first kappa shape index (κ1) is 35.5. The molecule has 1 aliphatic heterocycles. The molecule has 1 aromatic carbocycles. The van der Waals surface area contributed by atoms with Gasteiger partial charge >= 0.3 is 0 Å². The Morgan fingerprint density at radius 2 is 1.83 bits per heavy atom. The van der Waals surface area contributed by atoms with Crippen LogP contribution in [0.5, 0.6) is 0 Å². The molecular formula is C31H41N7O8S. The third-order valence-electron chi connectivity index (χ3n) is 8.58. The number of aromatic nitrogens is 3. The van der Waals surface area contributed by atoms with Gasteiger partial charge in [0.15, 0.2) is 9.84 Å². The minimum atomic E-state index is -3.62. The molecule has 1 saturated carbocycles. The standard InChI is InChI=1S/C31H41N7O8S/c1-18(26(39)27(32)40)34-29(42)24-15-21(38-25(16-33-36-38)31(2,3)44)17-37(24)30(43)23(13-19-9-6-5-7-10-19)35-28(41)20-11-8-12-22(14-20)47(4,45)46/h8,11-12,14,16,18-19,21,24,44H,5-7,9-10,13,15,17H2,1-4H3,(H2,32,40)(H,34,42)/t18?,21-,24-/m0/s1. The zero-order valence-electron chi connectivity index (χ0n) is 26.9. The van der Waals surface area contributed by atoms with E-state index in [1.807, 2.05) is 0 Å². The van der Waals surface area contributed by atoms with Crippen LogP contribution in [0.4, 0.5) is 0 Å². The van der Waals surface area contributed by atoms with Gasteiger partial charge < -0.3 is 21.1 Å². The number of nitrogens with two attached hydrogens (primary N) is 1. The number of nitrogens with one attached hydrogen (secondary N) is 1. The van der Waals surface area contributed by atoms with Gasteiger partial charge in [0, 0.05) is 24.8 Å². The van der Waals surface area contributed by atoms with Gasteiger partial charge in [-0.05, 0) is 51.3 Å². The SMILES string of the molecule is CC(NC(=O)[C@@H]1C[C@H](n2nncc2C(C)(C)O)CN1C(=O)C(CC1CCCCC1)=NC(=O)c1cccc(S(C)(=O)=O)c1)C(=O)C(N)=O. The zero-order chi connectivity index (χ0) is 34.7. The second-order valence-electron chi connectivity index (χ2n) is 12.8. The molecule has 0 radical (unpaired) electrons. The van der Waals surface area contributed by atoms with E-state index in [9.17, 15) is 37.5 Å². The number of benzene rings is 1. The van der Waals surface area contributed by atoms with Crippen molar-refractivity contribution in [2.45, 2.75) is 94.3 Å². The van der Waals surface area contributed by atoms with Gasteiger partial charge in [-0.2, -0.15) is 0 Å². The van der Waals surface area contributed by atoms with Crippen molar-refractivity contribution in [3.8, 4) is 0 Å². The maximum atomic E-state index is 14.4. The summed E-state index contributed by atoms with van der Waals surface area (Å²) in [5, 5.41) is 21.2. The lowest BCUT2D eigenvalue weighted by Gasteiger charge is -2.27. The van der Waals surface area contributed by atoms with Crippen LogP contribution in [-0.4, -0.2) is 93.4 Å². The van der Waals surface area contributed by atoms with E-state index in [1.165, 1.54) is 47.0 Å². The number of Topliss-reactive ketones (excluding diaryl/α,β-unsaturated/α-hetero) is 1. The number of aliphatic hydroxyl groups is 1. The van der Waals surface area contributed by atoms with Gasteiger partial charge in [-0.25, -0.2) is 18.1 Å². The first-order valence-electron chi connectivity index (χ1n) is 15.5. The van der Waals surface area contributed by atoms with Gasteiger partial charge in [-0.1, -0.05) is 43.4 Å².